The third-order valence-electron chi connectivity index (χ3n) is 4.24. The van der Waals surface area contributed by atoms with E-state index in [0.717, 1.165) is 11.8 Å². The summed E-state index contributed by atoms with van der Waals surface area (Å²) in [5, 5.41) is 23.6. The number of ether oxygens (including phenoxy) is 2. The van der Waals surface area contributed by atoms with Gasteiger partial charge in [0.1, 0.15) is 12.9 Å². The Morgan fingerprint density at radius 1 is 1.35 bits per heavy atom. The first-order valence-corrected chi connectivity index (χ1v) is 9.84. The number of nitro benzene ring substituents is 1. The summed E-state index contributed by atoms with van der Waals surface area (Å²) in [6.07, 6.45) is 1.98. The summed E-state index contributed by atoms with van der Waals surface area (Å²) in [6.45, 7) is 0.0534. The summed E-state index contributed by atoms with van der Waals surface area (Å²) in [5.74, 6) is 0.556. The molecule has 1 N–H and O–H groups in total. The molecular weight excluding hydrogens is 424 g/mol. The zero-order valence-corrected chi connectivity index (χ0v) is 17.0. The average molecular weight is 440 g/mol. The van der Waals surface area contributed by atoms with E-state index in [1.807, 2.05) is 6.07 Å². The van der Waals surface area contributed by atoms with E-state index in [1.165, 1.54) is 18.6 Å². The molecule has 0 radical (unpaired) electrons. The van der Waals surface area contributed by atoms with E-state index in [4.69, 9.17) is 9.47 Å². The number of benzene rings is 2. The minimum absolute atomic E-state index is 0.0534. The van der Waals surface area contributed by atoms with Crippen molar-refractivity contribution < 1.29 is 19.2 Å². The molecule has 0 fully saturated rings. The number of hydrogen-bond donors (Lipinski definition) is 1. The molecule has 3 aromatic rings. The summed E-state index contributed by atoms with van der Waals surface area (Å²) in [5.41, 5.74) is 2.71. The van der Waals surface area contributed by atoms with Crippen LogP contribution < -0.4 is 14.9 Å². The topological polar surface area (TPSA) is 134 Å². The van der Waals surface area contributed by atoms with Crippen LogP contribution in [0, 0.1) is 10.1 Å². The number of nitrogens with one attached hydrogen (secondary N) is 1. The maximum Gasteiger partial charge on any atom is 0.284 e. The minimum Gasteiger partial charge on any atom is -0.485 e. The van der Waals surface area contributed by atoms with Crippen LogP contribution in [-0.4, -0.2) is 44.5 Å². The molecule has 0 bridgehead atoms. The second-order valence-electron chi connectivity index (χ2n) is 6.41. The van der Waals surface area contributed by atoms with Gasteiger partial charge in [-0.25, -0.2) is 5.43 Å². The van der Waals surface area contributed by atoms with Gasteiger partial charge in [-0.05, 0) is 30.0 Å². The molecule has 12 heteroatoms. The van der Waals surface area contributed by atoms with Gasteiger partial charge in [-0.15, -0.1) is 10.2 Å². The van der Waals surface area contributed by atoms with Crippen molar-refractivity contribution in [2.45, 2.75) is 16.2 Å². The first kappa shape index (κ1) is 20.3. The lowest BCUT2D eigenvalue weighted by molar-refractivity contribution is -0.387. The number of nitrogens with zero attached hydrogens (tertiary/aromatic N) is 5. The highest BCUT2D eigenvalue weighted by molar-refractivity contribution is 7.99. The van der Waals surface area contributed by atoms with Crippen molar-refractivity contribution in [3.8, 4) is 11.5 Å². The molecule has 1 unspecified atom stereocenters. The van der Waals surface area contributed by atoms with Crippen molar-refractivity contribution in [3.63, 3.8) is 0 Å². The smallest absolute Gasteiger partial charge is 0.284 e. The van der Waals surface area contributed by atoms with Crippen molar-refractivity contribution >= 4 is 29.6 Å². The molecule has 4 rings (SSSR count). The molecule has 1 aliphatic rings. The molecule has 158 valence electrons. The Balaban J connectivity index is 1.42. The molecule has 1 aliphatic heterocycles. The van der Waals surface area contributed by atoms with Gasteiger partial charge in [-0.1, -0.05) is 18.2 Å². The van der Waals surface area contributed by atoms with E-state index < -0.39 is 16.9 Å². The lowest BCUT2D eigenvalue weighted by Gasteiger charge is -2.24. The van der Waals surface area contributed by atoms with Crippen LogP contribution >= 0.6 is 11.8 Å². The van der Waals surface area contributed by atoms with E-state index in [2.05, 4.69) is 20.7 Å². The van der Waals surface area contributed by atoms with Crippen molar-refractivity contribution in [1.29, 1.82) is 0 Å². The van der Waals surface area contributed by atoms with Gasteiger partial charge in [0, 0.05) is 18.7 Å². The molecule has 31 heavy (non-hydrogen) atoms. The van der Waals surface area contributed by atoms with Crippen LogP contribution in [0.1, 0.15) is 5.56 Å². The van der Waals surface area contributed by atoms with Crippen LogP contribution in [0.15, 0.2) is 63.9 Å². The number of fused-ring (bicyclic) bond motifs is 1. The van der Waals surface area contributed by atoms with Gasteiger partial charge in [0.05, 0.1) is 16.0 Å². The first-order chi connectivity index (χ1) is 15.0. The third-order valence-corrected chi connectivity index (χ3v) is 5.36. The molecule has 1 atom stereocenters. The number of rotatable bonds is 6. The van der Waals surface area contributed by atoms with E-state index in [-0.39, 0.29) is 12.3 Å². The fourth-order valence-electron chi connectivity index (χ4n) is 2.70. The number of hydrogen-bond acceptors (Lipinski definition) is 9. The monoisotopic (exact) mass is 440 g/mol. The van der Waals surface area contributed by atoms with E-state index in [9.17, 15) is 14.9 Å². The van der Waals surface area contributed by atoms with Gasteiger partial charge in [0.15, 0.2) is 16.7 Å². The van der Waals surface area contributed by atoms with Gasteiger partial charge in [0.2, 0.25) is 6.10 Å². The quantitative estimate of drug-likeness (QED) is 0.350. The van der Waals surface area contributed by atoms with Gasteiger partial charge < -0.3 is 14.0 Å². The second-order valence-corrected chi connectivity index (χ2v) is 7.42. The van der Waals surface area contributed by atoms with Gasteiger partial charge >= 0.3 is 0 Å². The van der Waals surface area contributed by atoms with E-state index in [1.54, 1.807) is 41.9 Å². The summed E-state index contributed by atoms with van der Waals surface area (Å²) in [4.78, 5) is 23.7. The summed E-state index contributed by atoms with van der Waals surface area (Å²) in [6, 6.07) is 11.7. The summed E-state index contributed by atoms with van der Waals surface area (Å²) >= 11 is 1.13. The van der Waals surface area contributed by atoms with Crippen LogP contribution in [0.25, 0.3) is 0 Å². The van der Waals surface area contributed by atoms with Crippen molar-refractivity contribution in [1.82, 2.24) is 20.2 Å². The molecule has 11 nitrogen and oxygen atoms in total. The number of nitro groups is 1. The van der Waals surface area contributed by atoms with Crippen molar-refractivity contribution in [2.24, 2.45) is 12.1 Å². The summed E-state index contributed by atoms with van der Waals surface area (Å²) < 4.78 is 12.8. The Morgan fingerprint density at radius 2 is 2.16 bits per heavy atom. The fourth-order valence-corrected chi connectivity index (χ4v) is 3.55. The molecular formula is C19H16N6O5S. The molecule has 0 aliphatic carbocycles. The number of aryl methyl sites for hydroxylation is 1. The van der Waals surface area contributed by atoms with E-state index in [0.29, 0.717) is 27.1 Å². The Labute approximate surface area is 180 Å². The number of aromatic nitrogens is 3. The summed E-state index contributed by atoms with van der Waals surface area (Å²) in [7, 11) is 1.75. The van der Waals surface area contributed by atoms with Gasteiger partial charge in [-0.3, -0.25) is 14.9 Å². The largest absolute Gasteiger partial charge is 0.485 e. The van der Waals surface area contributed by atoms with Crippen molar-refractivity contribution in [2.75, 3.05) is 6.61 Å². The van der Waals surface area contributed by atoms with Crippen LogP contribution in [0.4, 0.5) is 5.69 Å². The van der Waals surface area contributed by atoms with Crippen LogP contribution in [-0.2, 0) is 11.8 Å². The number of carbonyl (C=O) groups is 1. The fraction of sp³-hybridized carbons (Fsp3) is 0.158. The lowest BCUT2D eigenvalue weighted by Crippen LogP contribution is -2.42. The highest BCUT2D eigenvalue weighted by Gasteiger charge is 2.27. The Morgan fingerprint density at radius 3 is 2.90 bits per heavy atom. The molecule has 0 saturated carbocycles. The van der Waals surface area contributed by atoms with E-state index >= 15 is 0 Å². The number of hydrazone groups is 1. The van der Waals surface area contributed by atoms with Gasteiger partial charge in [0.25, 0.3) is 11.6 Å². The Hall–Kier alpha value is -3.93. The molecule has 1 aromatic heterocycles. The Kier molecular flexibility index (Phi) is 5.80. The van der Waals surface area contributed by atoms with Gasteiger partial charge in [-0.2, -0.15) is 5.10 Å². The van der Waals surface area contributed by atoms with Crippen molar-refractivity contribution in [3.05, 3.63) is 64.5 Å². The number of carbonyl (C=O) groups excluding carboxylic acids is 1. The zero-order chi connectivity index (χ0) is 21.8. The normalized spacial score (nSPS) is 15.1. The molecule has 2 aromatic carbocycles. The minimum atomic E-state index is -0.855. The molecule has 1 amide bonds. The molecule has 2 heterocycles. The third kappa shape index (κ3) is 4.64. The molecule has 0 spiro atoms. The van der Waals surface area contributed by atoms with Crippen LogP contribution in [0.3, 0.4) is 0 Å². The zero-order valence-electron chi connectivity index (χ0n) is 16.2. The SMILES string of the molecule is Cn1cnnc1Sc1ccc(/C=N/NC(=O)C2COc3ccccc3O2)cc1[N+](=O)[O-]. The van der Waals surface area contributed by atoms with Crippen LogP contribution in [0.2, 0.25) is 0 Å². The first-order valence-electron chi connectivity index (χ1n) is 9.03. The molecule has 0 saturated heterocycles. The maximum atomic E-state index is 12.3. The second kappa shape index (κ2) is 8.83. The lowest BCUT2D eigenvalue weighted by atomic mass is 10.2. The maximum absolute atomic E-state index is 12.3. The predicted octanol–water partition coefficient (Wildman–Crippen LogP) is 2.16. The number of amides is 1. The highest BCUT2D eigenvalue weighted by Crippen LogP contribution is 2.34. The average Bonchev–Trinajstić information content (AvgIpc) is 3.18. The number of para-hydroxylation sites is 2. The Bertz CT molecular complexity index is 1160. The standard InChI is InChI=1S/C19H16N6O5S/c1-24-11-21-23-19(24)31-17-7-6-12(8-13(17)25(27)28)9-20-22-18(26)16-10-29-14-4-2-3-5-15(14)30-16/h2-9,11,16H,10H2,1H3,(H,22,26)/b20-9+. The predicted molar refractivity (Wildman–Crippen MR) is 110 cm³/mol. The van der Waals surface area contributed by atoms with Crippen LogP contribution in [0.5, 0.6) is 11.5 Å². The highest BCUT2D eigenvalue weighted by atomic mass is 32.2.